The zero-order chi connectivity index (χ0) is 13.5. The molecule has 0 bridgehead atoms. The molecule has 0 saturated carbocycles. The third kappa shape index (κ3) is 5.10. The molecule has 4 atom stereocenters. The predicted molar refractivity (Wildman–Crippen MR) is 61.9 cm³/mol. The molecule has 0 aliphatic rings. The van der Waals surface area contributed by atoms with Crippen LogP contribution < -0.4 is 5.32 Å². The fourth-order valence-corrected chi connectivity index (χ4v) is 1.37. The lowest BCUT2D eigenvalue weighted by Gasteiger charge is -2.32. The fraction of sp³-hybridized carbons (Fsp3) is 0.909. The van der Waals surface area contributed by atoms with E-state index in [9.17, 15) is 20.1 Å². The van der Waals surface area contributed by atoms with Crippen molar-refractivity contribution in [1.82, 2.24) is 5.32 Å². The second-order valence-electron chi connectivity index (χ2n) is 4.18. The minimum absolute atomic E-state index is 0.309. The van der Waals surface area contributed by atoms with Crippen LogP contribution in [0.25, 0.3) is 0 Å². The van der Waals surface area contributed by atoms with Crippen LogP contribution in [0, 0.1) is 0 Å². The Balaban J connectivity index is 4.38. The summed E-state index contributed by atoms with van der Waals surface area (Å²) in [6.45, 7) is 3.56. The van der Waals surface area contributed by atoms with E-state index >= 15 is 0 Å². The molecule has 0 aromatic carbocycles. The van der Waals surface area contributed by atoms with Crippen LogP contribution in [0.4, 0.5) is 0 Å². The Morgan fingerprint density at radius 1 is 1.29 bits per heavy atom. The molecule has 0 fully saturated rings. The molecule has 0 amide bonds. The highest BCUT2D eigenvalue weighted by Crippen LogP contribution is 2.12. The Kier molecular flexibility index (Phi) is 7.49. The van der Waals surface area contributed by atoms with Gasteiger partial charge in [0, 0.05) is 0 Å². The third-order valence-electron chi connectivity index (χ3n) is 2.58. The Hall–Kier alpha value is -0.530. The standard InChI is InChI=1S/C11H22NO5/c1-3-4-5-6-12-11(17,7-13)10(16)9(15)8(2)14/h8-10,12,14-17H,3-6H2,1-2H3/t8-,9-,10+,11+/m1/s1. The molecule has 0 aromatic heterocycles. The van der Waals surface area contributed by atoms with Crippen LogP contribution in [0.1, 0.15) is 33.1 Å². The number of aliphatic hydroxyl groups is 4. The molecule has 17 heavy (non-hydrogen) atoms. The Labute approximate surface area is 101 Å². The summed E-state index contributed by atoms with van der Waals surface area (Å²) in [5.41, 5.74) is -2.36. The van der Waals surface area contributed by atoms with Gasteiger partial charge in [0.05, 0.1) is 6.10 Å². The van der Waals surface area contributed by atoms with E-state index in [1.54, 1.807) is 0 Å². The second-order valence-corrected chi connectivity index (χ2v) is 4.18. The van der Waals surface area contributed by atoms with Crippen LogP contribution in [0.3, 0.4) is 0 Å². The summed E-state index contributed by atoms with van der Waals surface area (Å²) >= 11 is 0. The number of hydrogen-bond acceptors (Lipinski definition) is 6. The molecule has 0 heterocycles. The van der Waals surface area contributed by atoms with Crippen LogP contribution in [-0.2, 0) is 4.79 Å². The van der Waals surface area contributed by atoms with Crippen molar-refractivity contribution in [2.75, 3.05) is 6.54 Å². The summed E-state index contributed by atoms with van der Waals surface area (Å²) in [7, 11) is 0. The molecular formula is C11H22NO5. The smallest absolute Gasteiger partial charge is 0.252 e. The summed E-state index contributed by atoms with van der Waals surface area (Å²) in [5, 5.41) is 40.2. The van der Waals surface area contributed by atoms with Gasteiger partial charge in [-0.25, -0.2) is 0 Å². The Morgan fingerprint density at radius 2 is 1.88 bits per heavy atom. The highest BCUT2D eigenvalue weighted by atomic mass is 16.4. The molecule has 1 radical (unpaired) electrons. The molecule has 0 unspecified atom stereocenters. The number of aliphatic hydroxyl groups excluding tert-OH is 3. The van der Waals surface area contributed by atoms with Crippen LogP contribution in [-0.4, -0.2) is 57.3 Å². The quantitative estimate of drug-likeness (QED) is 0.255. The van der Waals surface area contributed by atoms with Crippen molar-refractivity contribution in [2.24, 2.45) is 0 Å². The maximum absolute atomic E-state index is 10.7. The van der Waals surface area contributed by atoms with Crippen molar-refractivity contribution in [3.8, 4) is 0 Å². The van der Waals surface area contributed by atoms with Crippen LogP contribution >= 0.6 is 0 Å². The molecule has 6 heteroatoms. The second kappa shape index (κ2) is 7.73. The number of carbonyl (C=O) groups excluding carboxylic acids is 1. The molecule has 0 aromatic rings. The van der Waals surface area contributed by atoms with Crippen LogP contribution in [0.5, 0.6) is 0 Å². The molecule has 101 valence electrons. The first-order valence-corrected chi connectivity index (χ1v) is 5.80. The van der Waals surface area contributed by atoms with Gasteiger partial charge in [-0.1, -0.05) is 19.8 Å². The van der Waals surface area contributed by atoms with Gasteiger partial charge < -0.3 is 20.4 Å². The van der Waals surface area contributed by atoms with Crippen molar-refractivity contribution in [3.05, 3.63) is 0 Å². The third-order valence-corrected chi connectivity index (χ3v) is 2.58. The van der Waals surface area contributed by atoms with Gasteiger partial charge >= 0.3 is 0 Å². The minimum atomic E-state index is -2.36. The molecule has 0 rings (SSSR count). The molecule has 0 aliphatic heterocycles. The molecule has 0 spiro atoms. The van der Waals surface area contributed by atoms with Crippen LogP contribution in [0.15, 0.2) is 0 Å². The van der Waals surface area contributed by atoms with Crippen molar-refractivity contribution in [2.45, 2.75) is 57.1 Å². The molecular weight excluding hydrogens is 226 g/mol. The van der Waals surface area contributed by atoms with Crippen molar-refractivity contribution in [1.29, 1.82) is 0 Å². The summed E-state index contributed by atoms with van der Waals surface area (Å²) in [6.07, 6.45) is -0.844. The van der Waals surface area contributed by atoms with Gasteiger partial charge in [-0.2, -0.15) is 0 Å². The molecule has 0 aliphatic carbocycles. The Morgan fingerprint density at radius 3 is 2.29 bits per heavy atom. The maximum Gasteiger partial charge on any atom is 0.252 e. The SMILES string of the molecule is CCCCCN[C@](O)([C]=O)[C@@H](O)[C@H](O)[C@@H](C)O. The van der Waals surface area contributed by atoms with Crippen molar-refractivity contribution in [3.63, 3.8) is 0 Å². The summed E-state index contributed by atoms with van der Waals surface area (Å²) < 4.78 is 0. The lowest BCUT2D eigenvalue weighted by atomic mass is 9.99. The zero-order valence-corrected chi connectivity index (χ0v) is 10.3. The molecule has 6 nitrogen and oxygen atoms in total. The number of rotatable bonds is 9. The van der Waals surface area contributed by atoms with Crippen molar-refractivity contribution < 1.29 is 25.2 Å². The van der Waals surface area contributed by atoms with Gasteiger partial charge in [-0.05, 0) is 19.9 Å². The average Bonchev–Trinajstić information content (AvgIpc) is 2.32. The van der Waals surface area contributed by atoms with E-state index in [4.69, 9.17) is 5.11 Å². The van der Waals surface area contributed by atoms with Gasteiger partial charge in [0.2, 0.25) is 5.72 Å². The normalized spacial score (nSPS) is 20.4. The first kappa shape index (κ1) is 16.5. The van der Waals surface area contributed by atoms with E-state index in [-0.39, 0.29) is 0 Å². The molecule has 0 saturated heterocycles. The first-order chi connectivity index (χ1) is 7.89. The van der Waals surface area contributed by atoms with E-state index in [0.717, 1.165) is 19.3 Å². The monoisotopic (exact) mass is 248 g/mol. The van der Waals surface area contributed by atoms with Gasteiger partial charge in [0.25, 0.3) is 6.29 Å². The largest absolute Gasteiger partial charge is 0.391 e. The van der Waals surface area contributed by atoms with E-state index in [0.29, 0.717) is 6.54 Å². The van der Waals surface area contributed by atoms with E-state index < -0.39 is 24.0 Å². The number of hydrogen-bond donors (Lipinski definition) is 5. The number of nitrogens with one attached hydrogen (secondary N) is 1. The van der Waals surface area contributed by atoms with Gasteiger partial charge in [-0.3, -0.25) is 10.1 Å². The summed E-state index contributed by atoms with van der Waals surface area (Å²) in [6, 6.07) is 0. The lowest BCUT2D eigenvalue weighted by Crippen LogP contribution is -2.62. The highest BCUT2D eigenvalue weighted by molar-refractivity contribution is 5.63. The molecule has 5 N–H and O–H groups in total. The predicted octanol–water partition coefficient (Wildman–Crippen LogP) is -1.33. The fourth-order valence-electron chi connectivity index (χ4n) is 1.37. The summed E-state index contributed by atoms with van der Waals surface area (Å²) in [5.74, 6) is 0. The van der Waals surface area contributed by atoms with Gasteiger partial charge in [-0.15, -0.1) is 0 Å². The average molecular weight is 248 g/mol. The minimum Gasteiger partial charge on any atom is -0.391 e. The van der Waals surface area contributed by atoms with Gasteiger partial charge in [0.15, 0.2) is 0 Å². The van der Waals surface area contributed by atoms with E-state index in [2.05, 4.69) is 5.32 Å². The Bertz CT molecular complexity index is 224. The van der Waals surface area contributed by atoms with Crippen molar-refractivity contribution >= 4 is 6.29 Å². The topological polar surface area (TPSA) is 110 Å². The lowest BCUT2D eigenvalue weighted by molar-refractivity contribution is -0.133. The summed E-state index contributed by atoms with van der Waals surface area (Å²) in [4.78, 5) is 10.7. The van der Waals surface area contributed by atoms with E-state index in [1.807, 2.05) is 6.92 Å². The zero-order valence-electron chi connectivity index (χ0n) is 10.3. The van der Waals surface area contributed by atoms with Crippen LogP contribution in [0.2, 0.25) is 0 Å². The van der Waals surface area contributed by atoms with Gasteiger partial charge in [0.1, 0.15) is 12.2 Å². The highest BCUT2D eigenvalue weighted by Gasteiger charge is 2.42. The van der Waals surface area contributed by atoms with E-state index in [1.165, 1.54) is 13.2 Å². The number of unbranched alkanes of at least 4 members (excludes halogenated alkanes) is 2. The first-order valence-electron chi connectivity index (χ1n) is 5.80. The maximum atomic E-state index is 10.7.